The molecule has 2 aromatic heterocycles. The van der Waals surface area contributed by atoms with Gasteiger partial charge in [-0.25, -0.2) is 0 Å². The Labute approximate surface area is 131 Å². The van der Waals surface area contributed by atoms with E-state index in [1.54, 1.807) is 18.4 Å². The number of aromatic nitrogens is 1. The quantitative estimate of drug-likeness (QED) is 0.638. The summed E-state index contributed by atoms with van der Waals surface area (Å²) in [6.45, 7) is 4.03. The van der Waals surface area contributed by atoms with Crippen molar-refractivity contribution in [2.24, 2.45) is 5.84 Å². The van der Waals surface area contributed by atoms with Crippen LogP contribution in [0.3, 0.4) is 0 Å². The van der Waals surface area contributed by atoms with Crippen molar-refractivity contribution in [3.63, 3.8) is 0 Å². The van der Waals surface area contributed by atoms with Crippen LogP contribution in [0.1, 0.15) is 28.4 Å². The van der Waals surface area contributed by atoms with E-state index in [1.165, 1.54) is 0 Å². The lowest BCUT2D eigenvalue weighted by atomic mass is 10.0. The van der Waals surface area contributed by atoms with Crippen molar-refractivity contribution in [3.05, 3.63) is 43.8 Å². The van der Waals surface area contributed by atoms with Gasteiger partial charge in [-0.3, -0.25) is 16.3 Å². The summed E-state index contributed by atoms with van der Waals surface area (Å²) in [6, 6.07) is 2.12. The second-order valence-electron chi connectivity index (χ2n) is 4.65. The monoisotopic (exact) mass is 355 g/mol. The van der Waals surface area contributed by atoms with Gasteiger partial charge in [0, 0.05) is 29.4 Å². The lowest BCUT2D eigenvalue weighted by Crippen LogP contribution is -2.29. The van der Waals surface area contributed by atoms with Crippen LogP contribution >= 0.6 is 27.3 Å². The molecule has 1 atom stereocenters. The molecule has 1 unspecified atom stereocenters. The van der Waals surface area contributed by atoms with E-state index in [4.69, 9.17) is 10.6 Å². The summed E-state index contributed by atoms with van der Waals surface area (Å²) < 4.78 is 6.54. The van der Waals surface area contributed by atoms with E-state index in [1.807, 2.05) is 20.0 Å². The van der Waals surface area contributed by atoms with E-state index in [0.29, 0.717) is 0 Å². The highest BCUT2D eigenvalue weighted by Gasteiger charge is 2.17. The SMILES string of the molecule is COc1c(C)cnc(CC(NN)c2csc(Br)c2)c1C. The summed E-state index contributed by atoms with van der Waals surface area (Å²) in [7, 11) is 1.69. The van der Waals surface area contributed by atoms with Gasteiger partial charge in [-0.1, -0.05) is 0 Å². The number of nitrogens with zero attached hydrogens (tertiary/aromatic N) is 1. The molecule has 0 radical (unpaired) electrons. The summed E-state index contributed by atoms with van der Waals surface area (Å²) in [5, 5.41) is 2.09. The number of hydrogen-bond acceptors (Lipinski definition) is 5. The van der Waals surface area contributed by atoms with Gasteiger partial charge in [-0.05, 0) is 46.8 Å². The fraction of sp³-hybridized carbons (Fsp3) is 0.357. The predicted octanol–water partition coefficient (Wildman–Crippen LogP) is 3.28. The average Bonchev–Trinajstić information content (AvgIpc) is 2.85. The third-order valence-electron chi connectivity index (χ3n) is 3.34. The molecule has 0 spiro atoms. The zero-order valence-electron chi connectivity index (χ0n) is 11.7. The number of hydrogen-bond donors (Lipinski definition) is 2. The number of nitrogens with one attached hydrogen (secondary N) is 1. The van der Waals surface area contributed by atoms with Crippen LogP contribution in [0, 0.1) is 13.8 Å². The van der Waals surface area contributed by atoms with E-state index in [2.05, 4.69) is 37.8 Å². The van der Waals surface area contributed by atoms with Gasteiger partial charge in [0.2, 0.25) is 0 Å². The zero-order valence-corrected chi connectivity index (χ0v) is 14.1. The van der Waals surface area contributed by atoms with Gasteiger partial charge in [-0.15, -0.1) is 11.3 Å². The van der Waals surface area contributed by atoms with E-state index < -0.39 is 0 Å². The smallest absolute Gasteiger partial charge is 0.128 e. The van der Waals surface area contributed by atoms with Gasteiger partial charge in [0.25, 0.3) is 0 Å². The lowest BCUT2D eigenvalue weighted by Gasteiger charge is -2.17. The van der Waals surface area contributed by atoms with E-state index in [0.717, 1.165) is 38.3 Å². The lowest BCUT2D eigenvalue weighted by molar-refractivity contribution is 0.406. The van der Waals surface area contributed by atoms with Crippen LogP contribution in [0.2, 0.25) is 0 Å². The number of hydrazine groups is 1. The second kappa shape index (κ2) is 6.67. The molecule has 0 aliphatic rings. The molecule has 3 N–H and O–H groups in total. The maximum absolute atomic E-state index is 5.69. The molecule has 20 heavy (non-hydrogen) atoms. The van der Waals surface area contributed by atoms with Crippen molar-refractivity contribution in [2.75, 3.05) is 7.11 Å². The molecule has 0 amide bonds. The molecule has 108 valence electrons. The van der Waals surface area contributed by atoms with Crippen molar-refractivity contribution in [2.45, 2.75) is 26.3 Å². The van der Waals surface area contributed by atoms with Crippen LogP contribution in [-0.2, 0) is 6.42 Å². The van der Waals surface area contributed by atoms with Crippen LogP contribution < -0.4 is 16.0 Å². The number of methoxy groups -OCH3 is 1. The van der Waals surface area contributed by atoms with E-state index in [9.17, 15) is 0 Å². The van der Waals surface area contributed by atoms with Crippen LogP contribution in [0.15, 0.2) is 21.4 Å². The average molecular weight is 356 g/mol. The summed E-state index contributed by atoms with van der Waals surface area (Å²) in [5.41, 5.74) is 7.14. The molecule has 0 aliphatic heterocycles. The third kappa shape index (κ3) is 3.20. The highest BCUT2D eigenvalue weighted by atomic mass is 79.9. The number of ether oxygens (including phenoxy) is 1. The first-order valence-electron chi connectivity index (χ1n) is 6.26. The molecule has 0 saturated heterocycles. The van der Waals surface area contributed by atoms with Gasteiger partial charge in [0.1, 0.15) is 5.75 Å². The van der Waals surface area contributed by atoms with Gasteiger partial charge < -0.3 is 4.74 Å². The zero-order chi connectivity index (χ0) is 14.7. The van der Waals surface area contributed by atoms with Crippen molar-refractivity contribution >= 4 is 27.3 Å². The first-order valence-corrected chi connectivity index (χ1v) is 7.93. The largest absolute Gasteiger partial charge is 0.496 e. The fourth-order valence-electron chi connectivity index (χ4n) is 2.25. The first kappa shape index (κ1) is 15.4. The van der Waals surface area contributed by atoms with Gasteiger partial charge >= 0.3 is 0 Å². The molecule has 0 saturated carbocycles. The summed E-state index contributed by atoms with van der Waals surface area (Å²) in [6.07, 6.45) is 2.57. The first-order chi connectivity index (χ1) is 9.56. The Morgan fingerprint density at radius 3 is 2.80 bits per heavy atom. The molecule has 2 aromatic rings. The van der Waals surface area contributed by atoms with Crippen LogP contribution in [0.4, 0.5) is 0 Å². The normalized spacial score (nSPS) is 12.4. The minimum atomic E-state index is 0.0381. The van der Waals surface area contributed by atoms with Crippen LogP contribution in [0.25, 0.3) is 0 Å². The molecule has 2 heterocycles. The third-order valence-corrected chi connectivity index (χ3v) is 4.86. The predicted molar refractivity (Wildman–Crippen MR) is 86.1 cm³/mol. The molecule has 0 fully saturated rings. The number of aryl methyl sites for hydroxylation is 1. The topological polar surface area (TPSA) is 60.2 Å². The molecule has 2 rings (SSSR count). The summed E-state index contributed by atoms with van der Waals surface area (Å²) in [4.78, 5) is 4.52. The Bertz CT molecular complexity index is 600. The Hall–Kier alpha value is -0.950. The number of pyridine rings is 1. The number of nitrogens with two attached hydrogens (primary N) is 1. The van der Waals surface area contributed by atoms with Crippen molar-refractivity contribution in [1.82, 2.24) is 10.4 Å². The van der Waals surface area contributed by atoms with Gasteiger partial charge in [-0.2, -0.15) is 0 Å². The van der Waals surface area contributed by atoms with Crippen LogP contribution in [0.5, 0.6) is 5.75 Å². The highest BCUT2D eigenvalue weighted by molar-refractivity contribution is 9.11. The molecular formula is C14H18BrN3OS. The summed E-state index contributed by atoms with van der Waals surface area (Å²) in [5.74, 6) is 6.59. The van der Waals surface area contributed by atoms with Crippen molar-refractivity contribution in [1.29, 1.82) is 0 Å². The molecule has 6 heteroatoms. The Morgan fingerprint density at radius 1 is 1.50 bits per heavy atom. The standard InChI is InChI=1S/C14H18BrN3OS/c1-8-6-17-11(9(2)14(8)19-3)5-12(18-16)10-4-13(15)20-7-10/h4,6-7,12,18H,5,16H2,1-3H3. The van der Waals surface area contributed by atoms with E-state index >= 15 is 0 Å². The number of rotatable bonds is 5. The van der Waals surface area contributed by atoms with Crippen molar-refractivity contribution in [3.8, 4) is 5.75 Å². The molecular weight excluding hydrogens is 338 g/mol. The Kier molecular flexibility index (Phi) is 5.15. The minimum Gasteiger partial charge on any atom is -0.496 e. The van der Waals surface area contributed by atoms with Gasteiger partial charge in [0.15, 0.2) is 0 Å². The maximum Gasteiger partial charge on any atom is 0.128 e. The summed E-state index contributed by atoms with van der Waals surface area (Å²) >= 11 is 5.13. The Balaban J connectivity index is 2.28. The fourth-order valence-corrected chi connectivity index (χ4v) is 3.48. The van der Waals surface area contributed by atoms with Crippen LogP contribution in [-0.4, -0.2) is 12.1 Å². The molecule has 4 nitrogen and oxygen atoms in total. The molecule has 0 aliphatic carbocycles. The molecule has 0 bridgehead atoms. The Morgan fingerprint density at radius 2 is 2.25 bits per heavy atom. The highest BCUT2D eigenvalue weighted by Crippen LogP contribution is 2.30. The maximum atomic E-state index is 5.69. The van der Waals surface area contributed by atoms with E-state index in [-0.39, 0.29) is 6.04 Å². The number of halogens is 1. The second-order valence-corrected chi connectivity index (χ2v) is 6.94. The number of thiophene rings is 1. The van der Waals surface area contributed by atoms with Crippen molar-refractivity contribution < 1.29 is 4.74 Å². The van der Waals surface area contributed by atoms with Gasteiger partial charge in [0.05, 0.1) is 16.9 Å². The minimum absolute atomic E-state index is 0.0381. The molecule has 0 aromatic carbocycles.